The predicted octanol–water partition coefficient (Wildman–Crippen LogP) is 4.68. The summed E-state index contributed by atoms with van der Waals surface area (Å²) in [5, 5.41) is 12.0. The van der Waals surface area contributed by atoms with Crippen LogP contribution < -0.4 is 5.32 Å². The maximum atomic E-state index is 12.6. The summed E-state index contributed by atoms with van der Waals surface area (Å²) in [7, 11) is 0. The molecule has 4 nitrogen and oxygen atoms in total. The van der Waals surface area contributed by atoms with E-state index < -0.39 is 12.0 Å². The highest BCUT2D eigenvalue weighted by Crippen LogP contribution is 2.32. The van der Waals surface area contributed by atoms with Crippen molar-refractivity contribution in [2.75, 3.05) is 0 Å². The first-order valence-electron chi connectivity index (χ1n) is 9.31. The smallest absolute Gasteiger partial charge is 0.305 e. The third-order valence-electron chi connectivity index (χ3n) is 5.14. The second-order valence-electron chi connectivity index (χ2n) is 6.99. The highest BCUT2D eigenvalue weighted by molar-refractivity contribution is 5.94. The number of aliphatic carboxylic acids is 1. The molecule has 1 aliphatic rings. The molecular formula is C22H25NO3. The molecule has 3 rings (SSSR count). The van der Waals surface area contributed by atoms with Gasteiger partial charge in [0, 0.05) is 5.56 Å². The lowest BCUT2D eigenvalue weighted by molar-refractivity contribution is -0.137. The summed E-state index contributed by atoms with van der Waals surface area (Å²) in [4.78, 5) is 23.8. The van der Waals surface area contributed by atoms with Gasteiger partial charge in [-0.3, -0.25) is 9.59 Å². The number of benzene rings is 2. The molecule has 2 aromatic carbocycles. The van der Waals surface area contributed by atoms with E-state index in [1.165, 1.54) is 37.7 Å². The molecule has 1 atom stereocenters. The van der Waals surface area contributed by atoms with Gasteiger partial charge < -0.3 is 10.4 Å². The number of nitrogens with one attached hydrogen (secondary N) is 1. The molecule has 0 unspecified atom stereocenters. The van der Waals surface area contributed by atoms with Crippen molar-refractivity contribution in [1.82, 2.24) is 5.32 Å². The van der Waals surface area contributed by atoms with E-state index in [1.807, 2.05) is 54.6 Å². The van der Waals surface area contributed by atoms with Gasteiger partial charge in [-0.1, -0.05) is 61.7 Å². The number of carbonyl (C=O) groups is 2. The zero-order valence-corrected chi connectivity index (χ0v) is 14.9. The van der Waals surface area contributed by atoms with Gasteiger partial charge in [-0.15, -0.1) is 0 Å². The van der Waals surface area contributed by atoms with Crippen LogP contribution in [0.2, 0.25) is 0 Å². The van der Waals surface area contributed by atoms with Crippen LogP contribution in [0.1, 0.15) is 72.0 Å². The molecule has 26 heavy (non-hydrogen) atoms. The molecule has 1 aliphatic carbocycles. The fourth-order valence-electron chi connectivity index (χ4n) is 3.70. The van der Waals surface area contributed by atoms with Crippen molar-refractivity contribution in [2.24, 2.45) is 0 Å². The maximum Gasteiger partial charge on any atom is 0.305 e. The number of amides is 1. The monoisotopic (exact) mass is 351 g/mol. The van der Waals surface area contributed by atoms with Crippen molar-refractivity contribution in [1.29, 1.82) is 0 Å². The molecule has 1 saturated carbocycles. The molecule has 0 radical (unpaired) electrons. The van der Waals surface area contributed by atoms with Crippen molar-refractivity contribution < 1.29 is 14.7 Å². The Hall–Kier alpha value is -2.62. The van der Waals surface area contributed by atoms with Gasteiger partial charge in [0.05, 0.1) is 12.5 Å². The molecule has 136 valence electrons. The molecule has 2 N–H and O–H groups in total. The van der Waals surface area contributed by atoms with E-state index in [-0.39, 0.29) is 12.3 Å². The quantitative estimate of drug-likeness (QED) is 0.794. The van der Waals surface area contributed by atoms with Crippen LogP contribution in [0.4, 0.5) is 0 Å². The molecule has 0 aromatic heterocycles. The van der Waals surface area contributed by atoms with Crippen LogP contribution in [0, 0.1) is 0 Å². The highest BCUT2D eigenvalue weighted by Gasteiger charge is 2.20. The van der Waals surface area contributed by atoms with E-state index in [0.717, 1.165) is 5.56 Å². The average molecular weight is 351 g/mol. The second kappa shape index (κ2) is 8.65. The standard InChI is InChI=1S/C22H25NO3/c24-21(25)15-20(18-9-5-2-6-10-18)23-22(26)19-13-11-17(12-14-19)16-7-3-1-4-8-16/h2,5-6,9-14,16,20H,1,3-4,7-8,15H2,(H,23,26)(H,24,25)/t20-/m1/s1. The van der Waals surface area contributed by atoms with E-state index in [4.69, 9.17) is 5.11 Å². The van der Waals surface area contributed by atoms with Crippen LogP contribution in [-0.4, -0.2) is 17.0 Å². The Labute approximate surface area is 154 Å². The minimum Gasteiger partial charge on any atom is -0.481 e. The van der Waals surface area contributed by atoms with Gasteiger partial charge in [0.25, 0.3) is 5.91 Å². The summed E-state index contributed by atoms with van der Waals surface area (Å²) >= 11 is 0. The molecule has 0 spiro atoms. The summed E-state index contributed by atoms with van der Waals surface area (Å²) in [5.74, 6) is -0.577. The second-order valence-corrected chi connectivity index (χ2v) is 6.99. The Morgan fingerprint density at radius 3 is 2.23 bits per heavy atom. The fourth-order valence-corrected chi connectivity index (χ4v) is 3.70. The molecule has 1 amide bonds. The number of carboxylic acid groups (broad SMARTS) is 1. The number of hydrogen-bond donors (Lipinski definition) is 2. The number of hydrogen-bond acceptors (Lipinski definition) is 2. The first-order valence-corrected chi connectivity index (χ1v) is 9.31. The summed E-state index contributed by atoms with van der Waals surface area (Å²) in [6.07, 6.45) is 6.18. The summed E-state index contributed by atoms with van der Waals surface area (Å²) in [5.41, 5.74) is 2.66. The van der Waals surface area contributed by atoms with Crippen molar-refractivity contribution in [2.45, 2.75) is 50.5 Å². The van der Waals surface area contributed by atoms with Crippen LogP contribution in [0.15, 0.2) is 54.6 Å². The lowest BCUT2D eigenvalue weighted by Crippen LogP contribution is -2.30. The largest absolute Gasteiger partial charge is 0.481 e. The van der Waals surface area contributed by atoms with E-state index in [9.17, 15) is 9.59 Å². The van der Waals surface area contributed by atoms with Gasteiger partial charge in [-0.2, -0.15) is 0 Å². The van der Waals surface area contributed by atoms with E-state index in [2.05, 4.69) is 5.32 Å². The fraction of sp³-hybridized carbons (Fsp3) is 0.364. The van der Waals surface area contributed by atoms with Crippen LogP contribution in [-0.2, 0) is 4.79 Å². The third-order valence-corrected chi connectivity index (χ3v) is 5.14. The predicted molar refractivity (Wildman–Crippen MR) is 101 cm³/mol. The minimum atomic E-state index is -0.938. The first-order chi connectivity index (χ1) is 12.6. The van der Waals surface area contributed by atoms with Gasteiger partial charge in [-0.05, 0) is 42.0 Å². The normalized spacial score (nSPS) is 16.0. The average Bonchev–Trinajstić information content (AvgIpc) is 2.68. The van der Waals surface area contributed by atoms with Crippen molar-refractivity contribution in [3.63, 3.8) is 0 Å². The molecular weight excluding hydrogens is 326 g/mol. The van der Waals surface area contributed by atoms with Crippen molar-refractivity contribution in [3.8, 4) is 0 Å². The molecule has 0 aliphatic heterocycles. The Kier molecular flexibility index (Phi) is 6.05. The first kappa shape index (κ1) is 18.2. The lowest BCUT2D eigenvalue weighted by atomic mass is 9.84. The van der Waals surface area contributed by atoms with Gasteiger partial charge in [-0.25, -0.2) is 0 Å². The number of carbonyl (C=O) groups excluding carboxylic acids is 1. The van der Waals surface area contributed by atoms with Crippen molar-refractivity contribution >= 4 is 11.9 Å². The molecule has 0 bridgehead atoms. The lowest BCUT2D eigenvalue weighted by Gasteiger charge is -2.22. The van der Waals surface area contributed by atoms with E-state index in [0.29, 0.717) is 11.5 Å². The topological polar surface area (TPSA) is 66.4 Å². The Balaban J connectivity index is 1.69. The zero-order valence-electron chi connectivity index (χ0n) is 14.9. The van der Waals surface area contributed by atoms with Crippen molar-refractivity contribution in [3.05, 3.63) is 71.3 Å². The Bertz CT molecular complexity index is 734. The summed E-state index contributed by atoms with van der Waals surface area (Å²) in [6.45, 7) is 0. The Morgan fingerprint density at radius 1 is 0.962 bits per heavy atom. The maximum absolute atomic E-state index is 12.6. The number of carboxylic acids is 1. The molecule has 4 heteroatoms. The summed E-state index contributed by atoms with van der Waals surface area (Å²) < 4.78 is 0. The van der Waals surface area contributed by atoms with E-state index in [1.54, 1.807) is 0 Å². The van der Waals surface area contributed by atoms with Crippen LogP contribution in [0.5, 0.6) is 0 Å². The summed E-state index contributed by atoms with van der Waals surface area (Å²) in [6, 6.07) is 16.5. The number of rotatable bonds is 6. The van der Waals surface area contributed by atoms with E-state index >= 15 is 0 Å². The van der Waals surface area contributed by atoms with Gasteiger partial charge in [0.1, 0.15) is 0 Å². The van der Waals surface area contributed by atoms with Crippen LogP contribution in [0.25, 0.3) is 0 Å². The van der Waals surface area contributed by atoms with Gasteiger partial charge >= 0.3 is 5.97 Å². The zero-order chi connectivity index (χ0) is 18.4. The third kappa shape index (κ3) is 4.72. The molecule has 2 aromatic rings. The SMILES string of the molecule is O=C(O)C[C@@H](NC(=O)c1ccc(C2CCCCC2)cc1)c1ccccc1. The van der Waals surface area contributed by atoms with Crippen LogP contribution in [0.3, 0.4) is 0 Å². The molecule has 1 fully saturated rings. The highest BCUT2D eigenvalue weighted by atomic mass is 16.4. The molecule has 0 heterocycles. The van der Waals surface area contributed by atoms with Gasteiger partial charge in [0.15, 0.2) is 0 Å². The van der Waals surface area contributed by atoms with Gasteiger partial charge in [0.2, 0.25) is 0 Å². The Morgan fingerprint density at radius 2 is 1.62 bits per heavy atom. The van der Waals surface area contributed by atoms with Crippen LogP contribution >= 0.6 is 0 Å². The minimum absolute atomic E-state index is 0.143. The molecule has 0 saturated heterocycles.